The van der Waals surface area contributed by atoms with Gasteiger partial charge in [0.2, 0.25) is 0 Å². The second-order valence-corrected chi connectivity index (χ2v) is 6.14. The molecule has 0 fully saturated rings. The summed E-state index contributed by atoms with van der Waals surface area (Å²) in [4.78, 5) is 5.37. The Morgan fingerprint density at radius 3 is 2.71 bits per heavy atom. The van der Waals surface area contributed by atoms with E-state index < -0.39 is 0 Å². The molecule has 0 amide bonds. The van der Waals surface area contributed by atoms with Gasteiger partial charge in [0, 0.05) is 16.5 Å². The van der Waals surface area contributed by atoms with Crippen molar-refractivity contribution in [2.75, 3.05) is 0 Å². The molecule has 2 aromatic heterocycles. The second-order valence-electron chi connectivity index (χ2n) is 5.05. The van der Waals surface area contributed by atoms with E-state index in [1.54, 1.807) is 23.5 Å². The molecule has 0 atom stereocenters. The van der Waals surface area contributed by atoms with Gasteiger partial charge in [0.15, 0.2) is 0 Å². The number of rotatable bonds is 4. The zero-order chi connectivity index (χ0) is 14.8. The zero-order valence-corrected chi connectivity index (χ0v) is 12.6. The first-order valence-electron chi connectivity index (χ1n) is 7.05. The maximum absolute atomic E-state index is 13.0. The number of pyridine rings is 1. The van der Waals surface area contributed by atoms with Crippen LogP contribution in [0.2, 0.25) is 0 Å². The number of hydrogen-bond donors (Lipinski definition) is 1. The highest BCUT2D eigenvalue weighted by Gasteiger charge is 2.12. The summed E-state index contributed by atoms with van der Waals surface area (Å²) >= 11 is 1.56. The van der Waals surface area contributed by atoms with Gasteiger partial charge >= 0.3 is 0 Å². The highest BCUT2D eigenvalue weighted by atomic mass is 32.1. The monoisotopic (exact) mass is 301 g/mol. The van der Waals surface area contributed by atoms with Gasteiger partial charge in [-0.25, -0.2) is 4.39 Å². The lowest BCUT2D eigenvalue weighted by Gasteiger charge is -2.03. The predicted octanol–water partition coefficient (Wildman–Crippen LogP) is 5.15. The molecule has 3 rings (SSSR count). The van der Waals surface area contributed by atoms with Gasteiger partial charge < -0.3 is 5.11 Å². The van der Waals surface area contributed by atoms with Gasteiger partial charge in [0.25, 0.3) is 0 Å². The highest BCUT2D eigenvalue weighted by molar-refractivity contribution is 7.22. The Kier molecular flexibility index (Phi) is 3.88. The summed E-state index contributed by atoms with van der Waals surface area (Å²) in [6, 6.07) is 8.36. The van der Waals surface area contributed by atoms with E-state index in [9.17, 15) is 9.50 Å². The number of unbranched alkanes of at least 4 members (excludes halogenated alkanes) is 1. The van der Waals surface area contributed by atoms with E-state index in [2.05, 4.69) is 11.9 Å². The highest BCUT2D eigenvalue weighted by Crippen LogP contribution is 2.38. The standard InChI is InChI=1S/C17H16FNOS/c1-2-3-4-14-17(20)13-9-15(21-16(13)10-19-14)11-5-7-12(18)8-6-11/h5-10,20H,2-4H2,1H3. The smallest absolute Gasteiger partial charge is 0.145 e. The summed E-state index contributed by atoms with van der Waals surface area (Å²) in [7, 11) is 0. The van der Waals surface area contributed by atoms with Crippen molar-refractivity contribution in [1.29, 1.82) is 0 Å². The van der Waals surface area contributed by atoms with Gasteiger partial charge in [-0.05, 0) is 36.6 Å². The molecule has 0 aliphatic carbocycles. The SMILES string of the molecule is CCCCc1ncc2sc(-c3ccc(F)cc3)cc2c1O. The van der Waals surface area contributed by atoms with Crippen LogP contribution in [0.4, 0.5) is 4.39 Å². The van der Waals surface area contributed by atoms with Crippen LogP contribution in [-0.2, 0) is 6.42 Å². The third-order valence-corrected chi connectivity index (χ3v) is 4.64. The van der Waals surface area contributed by atoms with Gasteiger partial charge in [0.1, 0.15) is 11.6 Å². The van der Waals surface area contributed by atoms with Crippen molar-refractivity contribution in [1.82, 2.24) is 4.98 Å². The Balaban J connectivity index is 2.03. The first-order valence-corrected chi connectivity index (χ1v) is 7.87. The summed E-state index contributed by atoms with van der Waals surface area (Å²) in [6.45, 7) is 2.12. The average molecular weight is 301 g/mol. The summed E-state index contributed by atoms with van der Waals surface area (Å²) in [5.41, 5.74) is 1.71. The van der Waals surface area contributed by atoms with Crippen LogP contribution in [0.25, 0.3) is 20.5 Å². The number of fused-ring (bicyclic) bond motifs is 1. The van der Waals surface area contributed by atoms with Crippen LogP contribution in [0.5, 0.6) is 5.75 Å². The van der Waals surface area contributed by atoms with Gasteiger partial charge in [0.05, 0.1) is 10.4 Å². The molecule has 1 N–H and O–H groups in total. The van der Waals surface area contributed by atoms with Crippen LogP contribution in [0.3, 0.4) is 0 Å². The van der Waals surface area contributed by atoms with Crippen molar-refractivity contribution >= 4 is 21.4 Å². The lowest BCUT2D eigenvalue weighted by molar-refractivity contribution is 0.469. The normalized spacial score (nSPS) is 11.1. The van der Waals surface area contributed by atoms with Gasteiger partial charge in [-0.3, -0.25) is 4.98 Å². The molecule has 0 unspecified atom stereocenters. The molecule has 0 saturated heterocycles. The molecule has 21 heavy (non-hydrogen) atoms. The van der Waals surface area contributed by atoms with Crippen molar-refractivity contribution in [2.24, 2.45) is 0 Å². The van der Waals surface area contributed by atoms with E-state index in [0.29, 0.717) is 0 Å². The third-order valence-electron chi connectivity index (χ3n) is 3.52. The quantitative estimate of drug-likeness (QED) is 0.723. The van der Waals surface area contributed by atoms with Crippen molar-refractivity contribution in [3.63, 3.8) is 0 Å². The number of hydrogen-bond acceptors (Lipinski definition) is 3. The van der Waals surface area contributed by atoms with Crippen LogP contribution in [0, 0.1) is 5.82 Å². The third kappa shape index (κ3) is 2.76. The Hall–Kier alpha value is -1.94. The molecule has 0 radical (unpaired) electrons. The van der Waals surface area contributed by atoms with Crippen molar-refractivity contribution in [3.8, 4) is 16.2 Å². The topological polar surface area (TPSA) is 33.1 Å². The minimum Gasteiger partial charge on any atom is -0.505 e. The average Bonchev–Trinajstić information content (AvgIpc) is 2.92. The molecule has 108 valence electrons. The largest absolute Gasteiger partial charge is 0.505 e. The van der Waals surface area contributed by atoms with Crippen LogP contribution in [0.15, 0.2) is 36.5 Å². The first kappa shape index (κ1) is 14.0. The molecule has 0 saturated carbocycles. The lowest BCUT2D eigenvalue weighted by Crippen LogP contribution is -1.90. The first-order chi connectivity index (χ1) is 10.2. The Bertz CT molecular complexity index is 764. The minimum absolute atomic E-state index is 0.244. The molecule has 1 aromatic carbocycles. The van der Waals surface area contributed by atoms with Crippen LogP contribution in [-0.4, -0.2) is 10.1 Å². The predicted molar refractivity (Wildman–Crippen MR) is 85.3 cm³/mol. The van der Waals surface area contributed by atoms with Crippen molar-refractivity contribution in [3.05, 3.63) is 48.0 Å². The molecule has 0 aliphatic heterocycles. The van der Waals surface area contributed by atoms with E-state index >= 15 is 0 Å². The fourth-order valence-corrected chi connectivity index (χ4v) is 3.36. The number of aromatic nitrogens is 1. The number of benzene rings is 1. The number of aromatic hydroxyl groups is 1. The van der Waals surface area contributed by atoms with Crippen molar-refractivity contribution < 1.29 is 9.50 Å². The van der Waals surface area contributed by atoms with E-state index in [1.807, 2.05) is 12.3 Å². The molecule has 2 heterocycles. The van der Waals surface area contributed by atoms with Crippen LogP contribution in [0.1, 0.15) is 25.5 Å². The van der Waals surface area contributed by atoms with Crippen molar-refractivity contribution in [2.45, 2.75) is 26.2 Å². The van der Waals surface area contributed by atoms with E-state index in [1.165, 1.54) is 12.1 Å². The molecule has 3 aromatic rings. The maximum Gasteiger partial charge on any atom is 0.145 e. The Morgan fingerprint density at radius 1 is 1.24 bits per heavy atom. The molecule has 0 bridgehead atoms. The molecular formula is C17H16FNOS. The second kappa shape index (κ2) is 5.82. The van der Waals surface area contributed by atoms with Crippen LogP contribution >= 0.6 is 11.3 Å². The molecule has 0 aliphatic rings. The molecule has 4 heteroatoms. The van der Waals surface area contributed by atoms with Crippen LogP contribution < -0.4 is 0 Å². The van der Waals surface area contributed by atoms with Gasteiger partial charge in [-0.1, -0.05) is 25.5 Å². The molecule has 0 spiro atoms. The van der Waals surface area contributed by atoms with E-state index in [0.717, 1.165) is 45.5 Å². The summed E-state index contributed by atoms with van der Waals surface area (Å²) in [5, 5.41) is 11.2. The zero-order valence-electron chi connectivity index (χ0n) is 11.8. The maximum atomic E-state index is 13.0. The van der Waals surface area contributed by atoms with E-state index in [-0.39, 0.29) is 11.6 Å². The van der Waals surface area contributed by atoms with E-state index in [4.69, 9.17) is 0 Å². The Morgan fingerprint density at radius 2 is 2.00 bits per heavy atom. The minimum atomic E-state index is -0.244. The summed E-state index contributed by atoms with van der Waals surface area (Å²) in [5.74, 6) is 0.0387. The fourth-order valence-electron chi connectivity index (χ4n) is 2.32. The fraction of sp³-hybridized carbons (Fsp3) is 0.235. The summed E-state index contributed by atoms with van der Waals surface area (Å²) in [6.07, 6.45) is 4.70. The Labute approximate surface area is 126 Å². The number of thiophene rings is 1. The van der Waals surface area contributed by atoms with Gasteiger partial charge in [-0.2, -0.15) is 0 Å². The van der Waals surface area contributed by atoms with Gasteiger partial charge in [-0.15, -0.1) is 11.3 Å². The number of halogens is 1. The number of nitrogens with zero attached hydrogens (tertiary/aromatic N) is 1. The lowest BCUT2D eigenvalue weighted by atomic mass is 10.1. The molecule has 2 nitrogen and oxygen atoms in total. The molecular weight excluding hydrogens is 285 g/mol. The number of aryl methyl sites for hydroxylation is 1. The summed E-state index contributed by atoms with van der Waals surface area (Å²) < 4.78 is 13.9.